The highest BCUT2D eigenvalue weighted by Crippen LogP contribution is 2.18. The van der Waals surface area contributed by atoms with Gasteiger partial charge in [-0.05, 0) is 18.8 Å². The number of nitrogens with zero attached hydrogens (tertiary/aromatic N) is 1. The van der Waals surface area contributed by atoms with Crippen molar-refractivity contribution < 1.29 is 19.2 Å². The summed E-state index contributed by atoms with van der Waals surface area (Å²) in [5, 5.41) is 0. The van der Waals surface area contributed by atoms with Crippen molar-refractivity contribution >= 4 is 12.0 Å². The fraction of sp³-hybridized carbons (Fsp3) is 0.833. The van der Waals surface area contributed by atoms with E-state index in [0.29, 0.717) is 38.5 Å². The molecule has 2 amide bonds. The summed E-state index contributed by atoms with van der Waals surface area (Å²) in [5.74, 6) is 0.130. The molecule has 1 N–H and O–H groups in total. The highest BCUT2D eigenvalue weighted by atomic mass is 16.6. The van der Waals surface area contributed by atoms with E-state index in [1.54, 1.807) is 4.90 Å². The van der Waals surface area contributed by atoms with E-state index in [-0.39, 0.29) is 17.9 Å². The minimum absolute atomic E-state index is 0.0842. The summed E-state index contributed by atoms with van der Waals surface area (Å²) >= 11 is 0. The van der Waals surface area contributed by atoms with Crippen molar-refractivity contribution in [3.05, 3.63) is 0 Å². The number of piperidine rings is 1. The van der Waals surface area contributed by atoms with Crippen LogP contribution in [0.25, 0.3) is 0 Å². The molecule has 1 aliphatic rings. The van der Waals surface area contributed by atoms with Gasteiger partial charge in [-0.15, -0.1) is 0 Å². The first kappa shape index (κ1) is 14.8. The molecule has 0 spiro atoms. The fourth-order valence-corrected chi connectivity index (χ4v) is 1.84. The van der Waals surface area contributed by atoms with Crippen molar-refractivity contribution in [3.8, 4) is 0 Å². The van der Waals surface area contributed by atoms with Crippen molar-refractivity contribution in [2.45, 2.75) is 26.7 Å². The van der Waals surface area contributed by atoms with E-state index < -0.39 is 0 Å². The molecule has 1 aliphatic heterocycles. The topological polar surface area (TPSA) is 67.9 Å². The van der Waals surface area contributed by atoms with E-state index in [9.17, 15) is 9.59 Å². The molecule has 0 aromatic heterocycles. The van der Waals surface area contributed by atoms with E-state index in [1.165, 1.54) is 7.11 Å². The van der Waals surface area contributed by atoms with Crippen molar-refractivity contribution in [1.82, 2.24) is 10.4 Å². The molecule has 6 nitrogen and oxygen atoms in total. The number of nitrogens with one attached hydrogen (secondary N) is 1. The summed E-state index contributed by atoms with van der Waals surface area (Å²) in [4.78, 5) is 29.4. The van der Waals surface area contributed by atoms with Gasteiger partial charge in [0.15, 0.2) is 0 Å². The summed E-state index contributed by atoms with van der Waals surface area (Å²) in [6, 6.07) is 0. The zero-order chi connectivity index (χ0) is 13.5. The average molecular weight is 258 g/mol. The van der Waals surface area contributed by atoms with Crippen LogP contribution in [0.1, 0.15) is 26.7 Å². The molecule has 0 bridgehead atoms. The number of rotatable bonds is 4. The lowest BCUT2D eigenvalue weighted by Gasteiger charge is -2.30. The van der Waals surface area contributed by atoms with Crippen LogP contribution in [-0.2, 0) is 14.4 Å². The van der Waals surface area contributed by atoms with Crippen LogP contribution >= 0.6 is 0 Å². The predicted octanol–water partition coefficient (Wildman–Crippen LogP) is 1.17. The summed E-state index contributed by atoms with van der Waals surface area (Å²) in [5.41, 5.74) is 2.33. The molecule has 0 saturated carbocycles. The maximum Gasteiger partial charge on any atom is 0.409 e. The molecule has 1 rings (SSSR count). The van der Waals surface area contributed by atoms with E-state index in [2.05, 4.69) is 10.3 Å². The summed E-state index contributed by atoms with van der Waals surface area (Å²) in [6.07, 6.45) is 1.01. The molecule has 1 fully saturated rings. The third kappa shape index (κ3) is 4.52. The average Bonchev–Trinajstić information content (AvgIpc) is 2.36. The van der Waals surface area contributed by atoms with Gasteiger partial charge in [0, 0.05) is 19.0 Å². The quantitative estimate of drug-likeness (QED) is 0.769. The second-order valence-corrected chi connectivity index (χ2v) is 4.90. The van der Waals surface area contributed by atoms with Crippen molar-refractivity contribution in [2.24, 2.45) is 11.8 Å². The molecule has 1 heterocycles. The number of likely N-dealkylation sites (tertiary alicyclic amines) is 1. The Kier molecular flexibility index (Phi) is 5.91. The van der Waals surface area contributed by atoms with E-state index >= 15 is 0 Å². The Morgan fingerprint density at radius 3 is 2.44 bits per heavy atom. The number of hydrogen-bond donors (Lipinski definition) is 1. The summed E-state index contributed by atoms with van der Waals surface area (Å²) in [7, 11) is 1.41. The summed E-state index contributed by atoms with van der Waals surface area (Å²) in [6.45, 7) is 5.53. The van der Waals surface area contributed by atoms with Crippen LogP contribution in [-0.4, -0.2) is 43.7 Å². The number of hydrogen-bond acceptors (Lipinski definition) is 4. The molecular formula is C12H22N2O4. The van der Waals surface area contributed by atoms with Gasteiger partial charge in [-0.3, -0.25) is 9.63 Å². The van der Waals surface area contributed by atoms with Crippen LogP contribution in [0, 0.1) is 11.8 Å². The Balaban J connectivity index is 2.30. The van der Waals surface area contributed by atoms with Gasteiger partial charge in [-0.2, -0.15) is 0 Å². The smallest absolute Gasteiger partial charge is 0.409 e. The molecule has 1 saturated heterocycles. The summed E-state index contributed by atoms with van der Waals surface area (Å²) < 4.78 is 5.15. The number of amides is 2. The van der Waals surface area contributed by atoms with Gasteiger partial charge in [0.2, 0.25) is 5.91 Å². The fourth-order valence-electron chi connectivity index (χ4n) is 1.84. The first-order valence-electron chi connectivity index (χ1n) is 6.29. The van der Waals surface area contributed by atoms with Gasteiger partial charge >= 0.3 is 6.09 Å². The van der Waals surface area contributed by atoms with Gasteiger partial charge in [0.1, 0.15) is 0 Å². The highest BCUT2D eigenvalue weighted by molar-refractivity contribution is 5.78. The minimum Gasteiger partial charge on any atom is -0.449 e. The lowest BCUT2D eigenvalue weighted by molar-refractivity contribution is -0.136. The Hall–Kier alpha value is -1.30. The molecule has 0 aromatic carbocycles. The van der Waals surface area contributed by atoms with Crippen LogP contribution in [0.4, 0.5) is 4.79 Å². The predicted molar refractivity (Wildman–Crippen MR) is 65.6 cm³/mol. The zero-order valence-corrected chi connectivity index (χ0v) is 11.3. The Morgan fingerprint density at radius 1 is 1.33 bits per heavy atom. The zero-order valence-electron chi connectivity index (χ0n) is 11.3. The minimum atomic E-state index is -0.283. The Morgan fingerprint density at radius 2 is 1.94 bits per heavy atom. The highest BCUT2D eigenvalue weighted by Gasteiger charge is 2.28. The Bertz CT molecular complexity index is 286. The molecule has 0 aromatic rings. The van der Waals surface area contributed by atoms with Crippen LogP contribution in [0.15, 0.2) is 0 Å². The Labute approximate surface area is 108 Å². The van der Waals surface area contributed by atoms with E-state index in [0.717, 1.165) is 0 Å². The first-order valence-corrected chi connectivity index (χ1v) is 6.29. The molecular weight excluding hydrogens is 236 g/mol. The molecule has 0 atom stereocenters. The molecule has 0 aliphatic carbocycles. The van der Waals surface area contributed by atoms with Crippen LogP contribution in [0.3, 0.4) is 0 Å². The van der Waals surface area contributed by atoms with Crippen LogP contribution < -0.4 is 5.48 Å². The maximum absolute atomic E-state index is 11.7. The second-order valence-electron chi connectivity index (χ2n) is 4.90. The normalized spacial score (nSPS) is 16.8. The third-order valence-electron chi connectivity index (χ3n) is 2.87. The number of carbonyl (C=O) groups excluding carboxylic acids is 2. The monoisotopic (exact) mass is 258 g/mol. The standard InChI is InChI=1S/C12H22N2O4/c1-9(2)8-18-12(16)14-6-4-10(5-7-14)11(15)13-17-3/h9-10H,4-8H2,1-3H3,(H,13,15). The lowest BCUT2D eigenvalue weighted by Crippen LogP contribution is -2.43. The van der Waals surface area contributed by atoms with Gasteiger partial charge in [-0.1, -0.05) is 13.8 Å². The van der Waals surface area contributed by atoms with Crippen molar-refractivity contribution in [2.75, 3.05) is 26.8 Å². The SMILES string of the molecule is CONC(=O)C1CCN(C(=O)OCC(C)C)CC1. The molecule has 0 unspecified atom stereocenters. The number of carbonyl (C=O) groups is 2. The van der Waals surface area contributed by atoms with Crippen molar-refractivity contribution in [1.29, 1.82) is 0 Å². The van der Waals surface area contributed by atoms with Gasteiger partial charge in [0.25, 0.3) is 0 Å². The van der Waals surface area contributed by atoms with Gasteiger partial charge in [-0.25, -0.2) is 10.3 Å². The molecule has 6 heteroatoms. The molecule has 104 valence electrons. The van der Waals surface area contributed by atoms with Gasteiger partial charge < -0.3 is 9.64 Å². The third-order valence-corrected chi connectivity index (χ3v) is 2.87. The largest absolute Gasteiger partial charge is 0.449 e. The maximum atomic E-state index is 11.7. The van der Waals surface area contributed by atoms with Crippen LogP contribution in [0.2, 0.25) is 0 Å². The lowest BCUT2D eigenvalue weighted by atomic mass is 9.96. The molecule has 0 radical (unpaired) electrons. The van der Waals surface area contributed by atoms with E-state index in [4.69, 9.17) is 4.74 Å². The van der Waals surface area contributed by atoms with Crippen LogP contribution in [0.5, 0.6) is 0 Å². The van der Waals surface area contributed by atoms with Gasteiger partial charge in [0.05, 0.1) is 13.7 Å². The first-order chi connectivity index (χ1) is 8.54. The van der Waals surface area contributed by atoms with Crippen molar-refractivity contribution in [3.63, 3.8) is 0 Å². The van der Waals surface area contributed by atoms with E-state index in [1.807, 2.05) is 13.8 Å². The number of ether oxygens (including phenoxy) is 1. The second kappa shape index (κ2) is 7.20. The number of hydroxylamine groups is 1. The molecule has 18 heavy (non-hydrogen) atoms.